The van der Waals surface area contributed by atoms with Gasteiger partial charge in [-0.2, -0.15) is 0 Å². The highest BCUT2D eigenvalue weighted by molar-refractivity contribution is 8.13. The van der Waals surface area contributed by atoms with E-state index in [9.17, 15) is 9.18 Å². The van der Waals surface area contributed by atoms with Crippen LogP contribution in [0.3, 0.4) is 0 Å². The molecule has 0 spiro atoms. The van der Waals surface area contributed by atoms with E-state index in [0.717, 1.165) is 16.7 Å². The second-order valence-corrected chi connectivity index (χ2v) is 6.07. The monoisotopic (exact) mass is 320 g/mol. The third kappa shape index (κ3) is 3.28. The van der Waals surface area contributed by atoms with Gasteiger partial charge in [0.15, 0.2) is 5.12 Å². The van der Waals surface area contributed by atoms with E-state index in [1.54, 1.807) is 30.3 Å². The molecular weight excluding hydrogens is 311 g/mol. The minimum absolute atomic E-state index is 0.0377. The van der Waals surface area contributed by atoms with Gasteiger partial charge < -0.3 is 4.42 Å². The maximum atomic E-state index is 13.3. The first-order valence-electron chi connectivity index (χ1n) is 6.24. The van der Waals surface area contributed by atoms with Crippen LogP contribution >= 0.6 is 23.4 Å². The lowest BCUT2D eigenvalue weighted by Crippen LogP contribution is -1.96. The first-order valence-corrected chi connectivity index (χ1v) is 7.43. The number of hydrogen-bond donors (Lipinski definition) is 0. The molecule has 1 heterocycles. The summed E-state index contributed by atoms with van der Waals surface area (Å²) < 4.78 is 18.6. The van der Waals surface area contributed by atoms with E-state index < -0.39 is 0 Å². The molecular formula is C16H10ClFO2S. The quantitative estimate of drug-likeness (QED) is 0.630. The fourth-order valence-corrected chi connectivity index (χ4v) is 2.91. The highest BCUT2D eigenvalue weighted by Gasteiger charge is 2.12. The van der Waals surface area contributed by atoms with Crippen molar-refractivity contribution in [3.8, 4) is 0 Å². The van der Waals surface area contributed by atoms with E-state index in [-0.39, 0.29) is 17.4 Å². The molecule has 0 radical (unpaired) electrons. The molecule has 0 fully saturated rings. The first-order chi connectivity index (χ1) is 10.1. The number of rotatable bonds is 3. The Hall–Kier alpha value is -1.78. The molecule has 0 aliphatic carbocycles. The van der Waals surface area contributed by atoms with Gasteiger partial charge in [0.1, 0.15) is 11.4 Å². The number of benzene rings is 2. The Kier molecular flexibility index (Phi) is 3.99. The van der Waals surface area contributed by atoms with Gasteiger partial charge in [-0.3, -0.25) is 4.79 Å². The Balaban J connectivity index is 1.77. The zero-order chi connectivity index (χ0) is 14.8. The average Bonchev–Trinajstić information content (AvgIpc) is 2.84. The van der Waals surface area contributed by atoms with Crippen molar-refractivity contribution in [2.24, 2.45) is 0 Å². The third-order valence-electron chi connectivity index (χ3n) is 3.00. The SMILES string of the molecule is O=C(Cc1coc2ccc(F)cc12)Sc1ccc(Cl)cc1. The van der Waals surface area contributed by atoms with Crippen molar-refractivity contribution in [2.45, 2.75) is 11.3 Å². The number of furan rings is 1. The van der Waals surface area contributed by atoms with Crippen molar-refractivity contribution >= 4 is 39.4 Å². The molecule has 2 nitrogen and oxygen atoms in total. The Labute approximate surface area is 129 Å². The summed E-state index contributed by atoms with van der Waals surface area (Å²) in [4.78, 5) is 12.9. The van der Waals surface area contributed by atoms with Crippen LogP contribution in [0.25, 0.3) is 11.0 Å². The Morgan fingerprint density at radius 2 is 1.95 bits per heavy atom. The largest absolute Gasteiger partial charge is 0.464 e. The number of carbonyl (C=O) groups excluding carboxylic acids is 1. The Morgan fingerprint density at radius 1 is 1.19 bits per heavy atom. The first kappa shape index (κ1) is 14.2. The Morgan fingerprint density at radius 3 is 2.71 bits per heavy atom. The van der Waals surface area contributed by atoms with Crippen molar-refractivity contribution in [3.05, 3.63) is 65.1 Å². The molecule has 3 aromatic rings. The molecule has 2 aromatic carbocycles. The summed E-state index contributed by atoms with van der Waals surface area (Å²) in [5.74, 6) is -0.344. The lowest BCUT2D eigenvalue weighted by Gasteiger charge is -2.00. The van der Waals surface area contributed by atoms with Gasteiger partial charge in [0.2, 0.25) is 0 Å². The number of carbonyl (C=O) groups is 1. The van der Waals surface area contributed by atoms with Crippen LogP contribution in [0.2, 0.25) is 5.02 Å². The van der Waals surface area contributed by atoms with E-state index in [0.29, 0.717) is 21.6 Å². The van der Waals surface area contributed by atoms with E-state index in [1.807, 2.05) is 0 Å². The number of hydrogen-bond acceptors (Lipinski definition) is 3. The summed E-state index contributed by atoms with van der Waals surface area (Å²) in [5, 5.41) is 1.23. The van der Waals surface area contributed by atoms with Crippen LogP contribution in [0.1, 0.15) is 5.56 Å². The number of halogens is 2. The lowest BCUT2D eigenvalue weighted by atomic mass is 10.1. The van der Waals surface area contributed by atoms with Crippen molar-refractivity contribution in [2.75, 3.05) is 0 Å². The van der Waals surface area contributed by atoms with Crippen LogP contribution in [0, 0.1) is 5.82 Å². The molecule has 106 valence electrons. The molecule has 5 heteroatoms. The van der Waals surface area contributed by atoms with Crippen molar-refractivity contribution in [1.29, 1.82) is 0 Å². The molecule has 0 unspecified atom stereocenters. The fraction of sp³-hybridized carbons (Fsp3) is 0.0625. The normalized spacial score (nSPS) is 11.0. The second kappa shape index (κ2) is 5.92. The molecule has 0 N–H and O–H groups in total. The summed E-state index contributed by atoms with van der Waals surface area (Å²) in [6, 6.07) is 11.3. The highest BCUT2D eigenvalue weighted by atomic mass is 35.5. The van der Waals surface area contributed by atoms with Gasteiger partial charge in [-0.1, -0.05) is 23.4 Å². The highest BCUT2D eigenvalue weighted by Crippen LogP contribution is 2.26. The molecule has 3 rings (SSSR count). The van der Waals surface area contributed by atoms with Gasteiger partial charge in [0.25, 0.3) is 0 Å². The van der Waals surface area contributed by atoms with Gasteiger partial charge in [0, 0.05) is 27.3 Å². The van der Waals surface area contributed by atoms with E-state index in [2.05, 4.69) is 0 Å². The maximum absolute atomic E-state index is 13.3. The summed E-state index contributed by atoms with van der Waals surface area (Å²) >= 11 is 6.93. The van der Waals surface area contributed by atoms with Crippen molar-refractivity contribution in [1.82, 2.24) is 0 Å². The zero-order valence-electron chi connectivity index (χ0n) is 10.8. The van der Waals surface area contributed by atoms with E-state index in [1.165, 1.54) is 18.4 Å². The predicted molar refractivity (Wildman–Crippen MR) is 82.2 cm³/mol. The van der Waals surface area contributed by atoms with Crippen molar-refractivity contribution < 1.29 is 13.6 Å². The van der Waals surface area contributed by atoms with Crippen LogP contribution in [-0.4, -0.2) is 5.12 Å². The molecule has 0 saturated heterocycles. The molecule has 0 bridgehead atoms. The molecule has 0 amide bonds. The lowest BCUT2D eigenvalue weighted by molar-refractivity contribution is -0.110. The summed E-state index contributed by atoms with van der Waals surface area (Å²) in [6.07, 6.45) is 1.69. The summed E-state index contributed by atoms with van der Waals surface area (Å²) in [5.41, 5.74) is 1.27. The fourth-order valence-electron chi connectivity index (χ4n) is 2.02. The summed E-state index contributed by atoms with van der Waals surface area (Å²) in [7, 11) is 0. The molecule has 0 saturated carbocycles. The van der Waals surface area contributed by atoms with Crippen LogP contribution in [0.15, 0.2) is 58.0 Å². The standard InChI is InChI=1S/C16H10ClFO2S/c17-11-1-4-13(5-2-11)21-16(19)7-10-9-20-15-6-3-12(18)8-14(10)15/h1-6,8-9H,7H2. The van der Waals surface area contributed by atoms with E-state index >= 15 is 0 Å². The predicted octanol–water partition coefficient (Wildman–Crippen LogP) is 5.09. The Bertz CT molecular complexity index is 796. The van der Waals surface area contributed by atoms with Gasteiger partial charge in [-0.05, 0) is 42.5 Å². The topological polar surface area (TPSA) is 30.2 Å². The molecule has 0 aliphatic heterocycles. The second-order valence-electron chi connectivity index (χ2n) is 4.51. The molecule has 0 aliphatic rings. The minimum atomic E-state index is -0.344. The van der Waals surface area contributed by atoms with Gasteiger partial charge in [-0.25, -0.2) is 4.39 Å². The number of fused-ring (bicyclic) bond motifs is 1. The van der Waals surface area contributed by atoms with Crippen LogP contribution in [0.5, 0.6) is 0 Å². The van der Waals surface area contributed by atoms with Crippen LogP contribution < -0.4 is 0 Å². The van der Waals surface area contributed by atoms with Gasteiger partial charge in [-0.15, -0.1) is 0 Å². The minimum Gasteiger partial charge on any atom is -0.464 e. The number of thioether (sulfide) groups is 1. The van der Waals surface area contributed by atoms with Crippen LogP contribution in [-0.2, 0) is 11.2 Å². The summed E-state index contributed by atoms with van der Waals surface area (Å²) in [6.45, 7) is 0. The molecule has 1 aromatic heterocycles. The molecule has 21 heavy (non-hydrogen) atoms. The van der Waals surface area contributed by atoms with Gasteiger partial charge >= 0.3 is 0 Å². The smallest absolute Gasteiger partial charge is 0.198 e. The van der Waals surface area contributed by atoms with Crippen molar-refractivity contribution in [3.63, 3.8) is 0 Å². The van der Waals surface area contributed by atoms with Crippen LogP contribution in [0.4, 0.5) is 4.39 Å². The average molecular weight is 321 g/mol. The third-order valence-corrected chi connectivity index (χ3v) is 4.13. The zero-order valence-corrected chi connectivity index (χ0v) is 12.4. The van der Waals surface area contributed by atoms with Gasteiger partial charge in [0.05, 0.1) is 6.26 Å². The molecule has 0 atom stereocenters. The maximum Gasteiger partial charge on any atom is 0.198 e. The van der Waals surface area contributed by atoms with E-state index in [4.69, 9.17) is 16.0 Å².